The third-order valence-electron chi connectivity index (χ3n) is 4.27. The highest BCUT2D eigenvalue weighted by molar-refractivity contribution is 14.0. The van der Waals surface area contributed by atoms with Gasteiger partial charge in [-0.05, 0) is 38.2 Å². The van der Waals surface area contributed by atoms with Crippen LogP contribution in [0.25, 0.3) is 0 Å². The Kier molecular flexibility index (Phi) is 9.55. The minimum Gasteiger partial charge on any atom is -0.393 e. The molecule has 0 bridgehead atoms. The largest absolute Gasteiger partial charge is 0.393 e. The number of nitrogens with one attached hydrogen (secondary N) is 2. The van der Waals surface area contributed by atoms with Crippen LogP contribution in [0.3, 0.4) is 0 Å². The Labute approximate surface area is 157 Å². The molecule has 4 nitrogen and oxygen atoms in total. The van der Waals surface area contributed by atoms with Gasteiger partial charge in [0.15, 0.2) is 5.96 Å². The number of aliphatic hydroxyl groups is 1. The van der Waals surface area contributed by atoms with Crippen molar-refractivity contribution in [1.82, 2.24) is 10.6 Å². The van der Waals surface area contributed by atoms with Gasteiger partial charge in [-0.1, -0.05) is 37.3 Å². The lowest BCUT2D eigenvalue weighted by molar-refractivity contribution is 0.120. The molecule has 0 aliphatic heterocycles. The molecule has 1 fully saturated rings. The molecule has 1 unspecified atom stereocenters. The fourth-order valence-electron chi connectivity index (χ4n) is 2.85. The highest BCUT2D eigenvalue weighted by Crippen LogP contribution is 2.18. The number of hydrogen-bond donors (Lipinski definition) is 3. The van der Waals surface area contributed by atoms with E-state index in [2.05, 4.69) is 48.7 Å². The SMILES string of the molecule is CCNC(=NCC(C)c1ccccc1)NC1CCC(O)CC1.I. The lowest BCUT2D eigenvalue weighted by Crippen LogP contribution is -2.45. The zero-order chi connectivity index (χ0) is 15.8. The molecule has 130 valence electrons. The quantitative estimate of drug-likeness (QED) is 0.381. The summed E-state index contributed by atoms with van der Waals surface area (Å²) in [6.07, 6.45) is 3.69. The molecule has 1 aromatic rings. The van der Waals surface area contributed by atoms with E-state index in [4.69, 9.17) is 4.99 Å². The summed E-state index contributed by atoms with van der Waals surface area (Å²) in [5.74, 6) is 1.30. The molecule has 23 heavy (non-hydrogen) atoms. The molecule has 0 saturated heterocycles. The van der Waals surface area contributed by atoms with Gasteiger partial charge in [0.2, 0.25) is 0 Å². The molecule has 0 radical (unpaired) electrons. The normalized spacial score (nSPS) is 22.8. The lowest BCUT2D eigenvalue weighted by atomic mass is 9.93. The van der Waals surface area contributed by atoms with Crippen LogP contribution in [0.5, 0.6) is 0 Å². The number of halogens is 1. The molecule has 1 atom stereocenters. The molecule has 2 rings (SSSR count). The molecule has 1 saturated carbocycles. The first-order valence-corrected chi connectivity index (χ1v) is 8.47. The van der Waals surface area contributed by atoms with E-state index in [9.17, 15) is 5.11 Å². The smallest absolute Gasteiger partial charge is 0.191 e. The van der Waals surface area contributed by atoms with E-state index in [0.717, 1.165) is 44.7 Å². The fraction of sp³-hybridized carbons (Fsp3) is 0.611. The Bertz CT molecular complexity index is 459. The molecule has 0 aromatic heterocycles. The van der Waals surface area contributed by atoms with Crippen LogP contribution in [-0.4, -0.2) is 36.3 Å². The van der Waals surface area contributed by atoms with Crippen LogP contribution in [-0.2, 0) is 0 Å². The molecule has 1 aliphatic carbocycles. The van der Waals surface area contributed by atoms with E-state index in [0.29, 0.717) is 12.0 Å². The van der Waals surface area contributed by atoms with Crippen molar-refractivity contribution in [1.29, 1.82) is 0 Å². The molecule has 1 aliphatic rings. The first-order chi connectivity index (χ1) is 10.7. The van der Waals surface area contributed by atoms with Gasteiger partial charge in [-0.3, -0.25) is 4.99 Å². The third-order valence-corrected chi connectivity index (χ3v) is 4.27. The van der Waals surface area contributed by atoms with E-state index in [1.807, 2.05) is 6.07 Å². The number of aliphatic hydroxyl groups excluding tert-OH is 1. The van der Waals surface area contributed by atoms with Crippen molar-refractivity contribution in [2.24, 2.45) is 4.99 Å². The molecular formula is C18H30IN3O. The van der Waals surface area contributed by atoms with Crippen molar-refractivity contribution in [2.75, 3.05) is 13.1 Å². The standard InChI is InChI=1S/C18H29N3O.HI/c1-3-19-18(21-16-9-11-17(22)12-10-16)20-13-14(2)15-7-5-4-6-8-15;/h4-8,14,16-17,22H,3,9-13H2,1-2H3,(H2,19,20,21);1H. The predicted octanol–water partition coefficient (Wildman–Crippen LogP) is 3.27. The van der Waals surface area contributed by atoms with E-state index in [1.165, 1.54) is 5.56 Å². The van der Waals surface area contributed by atoms with Crippen LogP contribution in [0.4, 0.5) is 0 Å². The highest BCUT2D eigenvalue weighted by atomic mass is 127. The Hall–Kier alpha value is -0.820. The van der Waals surface area contributed by atoms with Crippen molar-refractivity contribution >= 4 is 29.9 Å². The third kappa shape index (κ3) is 7.08. The summed E-state index contributed by atoms with van der Waals surface area (Å²) >= 11 is 0. The van der Waals surface area contributed by atoms with Gasteiger partial charge in [-0.2, -0.15) is 0 Å². The van der Waals surface area contributed by atoms with Crippen molar-refractivity contribution < 1.29 is 5.11 Å². The van der Waals surface area contributed by atoms with E-state index in [-0.39, 0.29) is 30.1 Å². The van der Waals surface area contributed by atoms with Gasteiger partial charge in [0.1, 0.15) is 0 Å². The average molecular weight is 431 g/mol. The zero-order valence-corrected chi connectivity index (χ0v) is 16.5. The van der Waals surface area contributed by atoms with Crippen LogP contribution in [0, 0.1) is 0 Å². The molecular weight excluding hydrogens is 401 g/mol. The minimum absolute atomic E-state index is 0. The van der Waals surface area contributed by atoms with Crippen molar-refractivity contribution in [2.45, 2.75) is 57.6 Å². The van der Waals surface area contributed by atoms with Gasteiger partial charge in [0, 0.05) is 25.0 Å². The number of rotatable bonds is 5. The number of guanidine groups is 1. The second-order valence-corrected chi connectivity index (χ2v) is 6.18. The van der Waals surface area contributed by atoms with Gasteiger partial charge < -0.3 is 15.7 Å². The number of benzene rings is 1. The molecule has 0 amide bonds. The number of hydrogen-bond acceptors (Lipinski definition) is 2. The Morgan fingerprint density at radius 1 is 1.22 bits per heavy atom. The lowest BCUT2D eigenvalue weighted by Gasteiger charge is -2.27. The maximum Gasteiger partial charge on any atom is 0.191 e. The first kappa shape index (κ1) is 20.2. The summed E-state index contributed by atoms with van der Waals surface area (Å²) in [4.78, 5) is 4.73. The summed E-state index contributed by atoms with van der Waals surface area (Å²) < 4.78 is 0. The summed E-state index contributed by atoms with van der Waals surface area (Å²) in [5, 5.41) is 16.4. The summed E-state index contributed by atoms with van der Waals surface area (Å²) in [5.41, 5.74) is 1.32. The van der Waals surface area contributed by atoms with Gasteiger partial charge in [-0.25, -0.2) is 0 Å². The Morgan fingerprint density at radius 2 is 1.87 bits per heavy atom. The Balaban J connectivity index is 0.00000264. The summed E-state index contributed by atoms with van der Waals surface area (Å²) in [6.45, 7) is 5.93. The summed E-state index contributed by atoms with van der Waals surface area (Å²) in [6, 6.07) is 10.9. The van der Waals surface area contributed by atoms with Gasteiger partial charge >= 0.3 is 0 Å². The number of nitrogens with zero attached hydrogens (tertiary/aromatic N) is 1. The molecule has 1 aromatic carbocycles. The van der Waals surface area contributed by atoms with E-state index in [1.54, 1.807) is 0 Å². The monoisotopic (exact) mass is 431 g/mol. The molecule has 0 spiro atoms. The van der Waals surface area contributed by atoms with Gasteiger partial charge in [0.25, 0.3) is 0 Å². The first-order valence-electron chi connectivity index (χ1n) is 8.47. The van der Waals surface area contributed by atoms with Crippen LogP contribution < -0.4 is 10.6 Å². The maximum atomic E-state index is 9.59. The number of aliphatic imine (C=N–C) groups is 1. The second-order valence-electron chi connectivity index (χ2n) is 6.18. The van der Waals surface area contributed by atoms with Gasteiger partial charge in [0.05, 0.1) is 6.10 Å². The van der Waals surface area contributed by atoms with E-state index < -0.39 is 0 Å². The van der Waals surface area contributed by atoms with Crippen LogP contribution in [0.15, 0.2) is 35.3 Å². The van der Waals surface area contributed by atoms with Crippen LogP contribution in [0.1, 0.15) is 51.0 Å². The minimum atomic E-state index is -0.115. The second kappa shape index (κ2) is 10.9. The zero-order valence-electron chi connectivity index (χ0n) is 14.2. The van der Waals surface area contributed by atoms with Crippen molar-refractivity contribution in [3.05, 3.63) is 35.9 Å². The van der Waals surface area contributed by atoms with E-state index >= 15 is 0 Å². The van der Waals surface area contributed by atoms with Crippen LogP contribution in [0.2, 0.25) is 0 Å². The highest BCUT2D eigenvalue weighted by Gasteiger charge is 2.20. The van der Waals surface area contributed by atoms with Crippen molar-refractivity contribution in [3.8, 4) is 0 Å². The molecule has 5 heteroatoms. The maximum absolute atomic E-state index is 9.59. The van der Waals surface area contributed by atoms with Crippen LogP contribution >= 0.6 is 24.0 Å². The Morgan fingerprint density at radius 3 is 2.48 bits per heavy atom. The summed E-state index contributed by atoms with van der Waals surface area (Å²) in [7, 11) is 0. The molecule has 0 heterocycles. The van der Waals surface area contributed by atoms with Crippen molar-refractivity contribution in [3.63, 3.8) is 0 Å². The fourth-order valence-corrected chi connectivity index (χ4v) is 2.85. The average Bonchev–Trinajstić information content (AvgIpc) is 2.55. The van der Waals surface area contributed by atoms with Gasteiger partial charge in [-0.15, -0.1) is 24.0 Å². The topological polar surface area (TPSA) is 56.7 Å². The molecule has 3 N–H and O–H groups in total. The predicted molar refractivity (Wildman–Crippen MR) is 108 cm³/mol.